The van der Waals surface area contributed by atoms with Crippen LogP contribution in [0.25, 0.3) is 0 Å². The highest BCUT2D eigenvalue weighted by atomic mass is 32.2. The molecule has 2 rings (SSSR count). The predicted octanol–water partition coefficient (Wildman–Crippen LogP) is 3.72. The van der Waals surface area contributed by atoms with Gasteiger partial charge in [0.05, 0.1) is 10.5 Å². The van der Waals surface area contributed by atoms with Crippen molar-refractivity contribution in [3.05, 3.63) is 72.0 Å². The summed E-state index contributed by atoms with van der Waals surface area (Å²) in [5.41, 5.74) is -0.697. The van der Waals surface area contributed by atoms with Crippen molar-refractivity contribution in [2.75, 3.05) is 20.4 Å². The molecule has 2 aromatic rings. The van der Waals surface area contributed by atoms with Crippen molar-refractivity contribution in [3.63, 3.8) is 0 Å². The van der Waals surface area contributed by atoms with Crippen molar-refractivity contribution < 1.29 is 31.1 Å². The molecule has 0 saturated carbocycles. The zero-order chi connectivity index (χ0) is 21.5. The van der Waals surface area contributed by atoms with E-state index >= 15 is 0 Å². The Morgan fingerprint density at radius 1 is 1.00 bits per heavy atom. The fourth-order valence-corrected chi connectivity index (χ4v) is 2.55. The summed E-state index contributed by atoms with van der Waals surface area (Å²) in [6.45, 7) is 3.46. The van der Waals surface area contributed by atoms with Crippen LogP contribution in [-0.4, -0.2) is 34.6 Å². The molecule has 0 aliphatic heterocycles. The molecule has 9 heteroatoms. The maximum Gasteiger partial charge on any atom is 0.416 e. The number of rotatable bonds is 5. The quantitative estimate of drug-likeness (QED) is 0.458. The Labute approximate surface area is 161 Å². The molecule has 5 nitrogen and oxygen atoms in total. The number of ketones is 1. The monoisotopic (exact) mass is 415 g/mol. The lowest BCUT2D eigenvalue weighted by molar-refractivity contribution is -0.137. The third kappa shape index (κ3) is 6.82. The average molecular weight is 415 g/mol. The average Bonchev–Trinajstić information content (AvgIpc) is 2.61. The Kier molecular flexibility index (Phi) is 7.95. The fraction of sp³-hybridized carbons (Fsp3) is 0.211. The number of carbonyl (C=O) groups excluding carboxylic acids is 1. The van der Waals surface area contributed by atoms with Crippen LogP contribution in [0.1, 0.15) is 15.9 Å². The Hall–Kier alpha value is -2.65. The number of hydrogen-bond acceptors (Lipinski definition) is 5. The molecule has 0 aliphatic rings. The molecular formula is C19H20F3NO4S. The zero-order valence-corrected chi connectivity index (χ0v) is 16.3. The van der Waals surface area contributed by atoms with Gasteiger partial charge in [0.15, 0.2) is 15.6 Å². The first-order chi connectivity index (χ1) is 12.9. The number of hydrogen-bond donors (Lipinski definition) is 1. The van der Waals surface area contributed by atoms with Gasteiger partial charge in [0, 0.05) is 11.8 Å². The Bertz CT molecular complexity index is 919. The summed E-state index contributed by atoms with van der Waals surface area (Å²) >= 11 is 0. The van der Waals surface area contributed by atoms with E-state index in [9.17, 15) is 26.4 Å². The maximum absolute atomic E-state index is 12.5. The SMILES string of the molecule is C=C(Oc1ccc(C(F)(F)F)cc1)C(=O)c1ccc(S(C)(=O)=O)cc1.CNC. The number of allylic oxidation sites excluding steroid dienone is 1. The first-order valence-corrected chi connectivity index (χ1v) is 9.76. The minimum atomic E-state index is -4.47. The highest BCUT2D eigenvalue weighted by Crippen LogP contribution is 2.30. The minimum Gasteiger partial charge on any atom is -0.454 e. The van der Waals surface area contributed by atoms with Gasteiger partial charge < -0.3 is 10.1 Å². The number of halogens is 3. The van der Waals surface area contributed by atoms with Crippen molar-refractivity contribution in [3.8, 4) is 5.75 Å². The molecule has 1 N–H and O–H groups in total. The highest BCUT2D eigenvalue weighted by Gasteiger charge is 2.30. The first-order valence-electron chi connectivity index (χ1n) is 7.87. The van der Waals surface area contributed by atoms with Gasteiger partial charge in [-0.3, -0.25) is 4.79 Å². The number of Topliss-reactive ketones (excluding diaryl/α,β-unsaturated/α-hetero) is 1. The van der Waals surface area contributed by atoms with Crippen molar-refractivity contribution in [1.82, 2.24) is 5.32 Å². The molecule has 28 heavy (non-hydrogen) atoms. The summed E-state index contributed by atoms with van der Waals surface area (Å²) in [6.07, 6.45) is -3.43. The fourth-order valence-electron chi connectivity index (χ4n) is 1.92. The second-order valence-electron chi connectivity index (χ2n) is 5.67. The van der Waals surface area contributed by atoms with Crippen LogP contribution in [0.2, 0.25) is 0 Å². The van der Waals surface area contributed by atoms with Crippen molar-refractivity contribution >= 4 is 15.6 Å². The summed E-state index contributed by atoms with van der Waals surface area (Å²) in [5, 5.41) is 2.75. The number of benzene rings is 2. The van der Waals surface area contributed by atoms with Gasteiger partial charge in [-0.1, -0.05) is 6.58 Å². The van der Waals surface area contributed by atoms with Crippen LogP contribution < -0.4 is 10.1 Å². The highest BCUT2D eigenvalue weighted by molar-refractivity contribution is 7.90. The summed E-state index contributed by atoms with van der Waals surface area (Å²) in [7, 11) is 0.363. The van der Waals surface area contributed by atoms with Crippen molar-refractivity contribution in [2.45, 2.75) is 11.1 Å². The molecular weight excluding hydrogens is 395 g/mol. The number of sulfone groups is 1. The van der Waals surface area contributed by atoms with Gasteiger partial charge in [-0.25, -0.2) is 8.42 Å². The van der Waals surface area contributed by atoms with Gasteiger partial charge in [0.25, 0.3) is 0 Å². The van der Waals surface area contributed by atoms with E-state index in [1.54, 1.807) is 0 Å². The van der Waals surface area contributed by atoms with Gasteiger partial charge in [-0.2, -0.15) is 13.2 Å². The van der Waals surface area contributed by atoms with Crippen LogP contribution in [0.4, 0.5) is 13.2 Å². The van der Waals surface area contributed by atoms with E-state index in [0.717, 1.165) is 30.5 Å². The van der Waals surface area contributed by atoms with E-state index in [-0.39, 0.29) is 22.0 Å². The summed E-state index contributed by atoms with van der Waals surface area (Å²) in [6, 6.07) is 8.96. The molecule has 152 valence electrons. The van der Waals surface area contributed by atoms with Crippen LogP contribution in [-0.2, 0) is 16.0 Å². The van der Waals surface area contributed by atoms with E-state index in [0.29, 0.717) is 0 Å². The molecule has 0 spiro atoms. The Balaban J connectivity index is 0.00000122. The lowest BCUT2D eigenvalue weighted by Crippen LogP contribution is -2.09. The predicted molar refractivity (Wildman–Crippen MR) is 100 cm³/mol. The largest absolute Gasteiger partial charge is 0.454 e. The van der Waals surface area contributed by atoms with Crippen molar-refractivity contribution in [1.29, 1.82) is 0 Å². The second kappa shape index (κ2) is 9.52. The van der Waals surface area contributed by atoms with E-state index in [2.05, 4.69) is 11.9 Å². The summed E-state index contributed by atoms with van der Waals surface area (Å²) in [4.78, 5) is 12.2. The van der Waals surface area contributed by atoms with Gasteiger partial charge in [0.1, 0.15) is 5.75 Å². The van der Waals surface area contributed by atoms with Crippen LogP contribution in [0.3, 0.4) is 0 Å². The molecule has 2 aromatic carbocycles. The minimum absolute atomic E-state index is 0.0270. The van der Waals surface area contributed by atoms with Gasteiger partial charge in [-0.15, -0.1) is 0 Å². The van der Waals surface area contributed by atoms with Gasteiger partial charge in [0.2, 0.25) is 5.78 Å². The first kappa shape index (κ1) is 23.4. The zero-order valence-electron chi connectivity index (χ0n) is 15.5. The number of nitrogens with one attached hydrogen (secondary N) is 1. The number of carbonyl (C=O) groups is 1. The summed E-state index contributed by atoms with van der Waals surface area (Å²) in [5.74, 6) is -0.883. The van der Waals surface area contributed by atoms with Crippen LogP contribution in [0.5, 0.6) is 5.75 Å². The van der Waals surface area contributed by atoms with Crippen LogP contribution in [0, 0.1) is 0 Å². The molecule has 0 atom stereocenters. The molecule has 0 heterocycles. The maximum atomic E-state index is 12.5. The molecule has 0 unspecified atom stereocenters. The van der Waals surface area contributed by atoms with E-state index in [1.807, 2.05) is 14.1 Å². The Morgan fingerprint density at radius 2 is 1.46 bits per heavy atom. The molecule has 0 bridgehead atoms. The topological polar surface area (TPSA) is 72.5 Å². The normalized spacial score (nSPS) is 11.2. The third-order valence-electron chi connectivity index (χ3n) is 3.22. The third-order valence-corrected chi connectivity index (χ3v) is 4.35. The second-order valence-corrected chi connectivity index (χ2v) is 7.69. The lowest BCUT2D eigenvalue weighted by Gasteiger charge is -2.10. The standard InChI is InChI=1S/C17H13F3O4S.C2H7N/c1-11(24-14-7-5-13(6-8-14)17(18,19)20)16(21)12-3-9-15(10-4-12)25(2,22)23;1-3-2/h3-10H,1H2,2H3;3H,1-2H3. The molecule has 0 fully saturated rings. The van der Waals surface area contributed by atoms with Crippen LogP contribution >= 0.6 is 0 Å². The molecule has 0 aliphatic carbocycles. The van der Waals surface area contributed by atoms with Gasteiger partial charge >= 0.3 is 6.18 Å². The van der Waals surface area contributed by atoms with E-state index < -0.39 is 27.4 Å². The molecule has 0 aromatic heterocycles. The van der Waals surface area contributed by atoms with Crippen molar-refractivity contribution in [2.24, 2.45) is 0 Å². The molecule has 0 amide bonds. The molecule has 0 radical (unpaired) electrons. The number of ether oxygens (including phenoxy) is 1. The number of alkyl halides is 3. The van der Waals surface area contributed by atoms with Crippen LogP contribution in [0.15, 0.2) is 65.8 Å². The smallest absolute Gasteiger partial charge is 0.416 e. The summed E-state index contributed by atoms with van der Waals surface area (Å²) < 4.78 is 65.4. The van der Waals surface area contributed by atoms with E-state index in [4.69, 9.17) is 4.74 Å². The van der Waals surface area contributed by atoms with E-state index in [1.165, 1.54) is 24.3 Å². The van der Waals surface area contributed by atoms with Gasteiger partial charge in [-0.05, 0) is 62.6 Å². The lowest BCUT2D eigenvalue weighted by atomic mass is 10.1. The Morgan fingerprint density at radius 3 is 1.86 bits per heavy atom. The molecule has 0 saturated heterocycles.